The van der Waals surface area contributed by atoms with Crippen molar-refractivity contribution >= 4 is 68.8 Å². The molecule has 0 fully saturated rings. The summed E-state index contributed by atoms with van der Waals surface area (Å²) in [5.41, 5.74) is 15.6. The number of rotatable bonds is 9. The molecule has 3 aliphatic rings. The molecule has 406 valence electrons. The molecule has 0 amide bonds. The SMILES string of the molecule is [2H]c1c([2H])c([2H])c(-c2cccc(-c3cc(C(C)(C)C)cc(C(C)(C)C)c3)c2N2[CH-]N(c3[c-]c(Oc4[c-]c5c(cc4)[Si]4(c6cc(C)ccc6-c6ccc(C)cc64)c4ccccc4N5c4cc(CC(C)C)ccn4)ccc3)c3ccccc32)c([2H])c1[2H].[Pt]. The summed E-state index contributed by atoms with van der Waals surface area (Å²) >= 11 is 0. The Morgan fingerprint density at radius 3 is 1.83 bits per heavy atom. The average Bonchev–Trinajstić information content (AvgIpc) is 1.45. The minimum atomic E-state index is -3.01. The molecule has 0 aliphatic carbocycles. The number of para-hydroxylation sites is 4. The number of aryl methyl sites for hydroxylation is 2. The third kappa shape index (κ3) is 9.35. The first-order valence-electron chi connectivity index (χ1n) is 30.3. The molecular formula is C74H67N4OPtSi-3. The Hall–Kier alpha value is -7.76. The molecule has 13 rings (SSSR count). The van der Waals surface area contributed by atoms with Crippen molar-refractivity contribution in [2.75, 3.05) is 14.7 Å². The third-order valence-corrected chi connectivity index (χ3v) is 21.0. The fourth-order valence-electron chi connectivity index (χ4n) is 12.3. The maximum Gasteiger partial charge on any atom is 0.135 e. The molecule has 0 N–H and O–H groups in total. The van der Waals surface area contributed by atoms with E-state index in [0.717, 1.165) is 57.2 Å². The monoisotopic (exact) mass is 1260 g/mol. The van der Waals surface area contributed by atoms with Crippen molar-refractivity contribution in [1.29, 1.82) is 0 Å². The first-order valence-corrected chi connectivity index (χ1v) is 29.8. The number of benzene rings is 9. The van der Waals surface area contributed by atoms with E-state index in [9.17, 15) is 2.74 Å². The Bertz CT molecular complexity index is 4270. The van der Waals surface area contributed by atoms with Gasteiger partial charge in [0.25, 0.3) is 0 Å². The van der Waals surface area contributed by atoms with Gasteiger partial charge in [0.15, 0.2) is 0 Å². The molecule has 1 spiro atoms. The molecule has 5 nitrogen and oxygen atoms in total. The number of pyridine rings is 1. The number of hydrogen-bond donors (Lipinski definition) is 0. The number of ether oxygens (including phenoxy) is 1. The predicted molar refractivity (Wildman–Crippen MR) is 337 cm³/mol. The molecule has 0 unspecified atom stereocenters. The van der Waals surface area contributed by atoms with Crippen LogP contribution in [0.1, 0.15) is 90.1 Å². The van der Waals surface area contributed by atoms with Gasteiger partial charge in [-0.15, -0.1) is 47.9 Å². The molecule has 3 aliphatic heterocycles. The predicted octanol–water partition coefficient (Wildman–Crippen LogP) is 16.8. The summed E-state index contributed by atoms with van der Waals surface area (Å²) in [6, 6.07) is 64.1. The van der Waals surface area contributed by atoms with E-state index in [1.165, 1.54) is 48.6 Å². The summed E-state index contributed by atoms with van der Waals surface area (Å²) in [5.74, 6) is 2.30. The third-order valence-electron chi connectivity index (χ3n) is 16.1. The van der Waals surface area contributed by atoms with Gasteiger partial charge in [0.2, 0.25) is 0 Å². The maximum absolute atomic E-state index is 9.33. The summed E-state index contributed by atoms with van der Waals surface area (Å²) in [6.07, 6.45) is 2.85. The molecule has 0 bridgehead atoms. The van der Waals surface area contributed by atoms with Gasteiger partial charge < -0.3 is 19.4 Å². The maximum atomic E-state index is 9.33. The largest absolute Gasteiger partial charge is 0.509 e. The van der Waals surface area contributed by atoms with Crippen LogP contribution in [0.2, 0.25) is 0 Å². The van der Waals surface area contributed by atoms with Crippen LogP contribution in [-0.4, -0.2) is 13.1 Å². The first kappa shape index (κ1) is 48.0. The Kier molecular flexibility index (Phi) is 12.2. The van der Waals surface area contributed by atoms with E-state index in [-0.39, 0.29) is 49.5 Å². The minimum Gasteiger partial charge on any atom is -0.509 e. The molecule has 0 atom stereocenters. The Labute approximate surface area is 502 Å². The van der Waals surface area contributed by atoms with Crippen LogP contribution in [0.25, 0.3) is 33.4 Å². The summed E-state index contributed by atoms with van der Waals surface area (Å²) in [7, 11) is -3.01. The molecule has 10 aromatic rings. The molecule has 7 heteroatoms. The van der Waals surface area contributed by atoms with Crippen molar-refractivity contribution in [2.24, 2.45) is 5.92 Å². The number of nitrogens with zero attached hydrogens (tertiary/aromatic N) is 4. The van der Waals surface area contributed by atoms with Crippen molar-refractivity contribution in [1.82, 2.24) is 4.98 Å². The van der Waals surface area contributed by atoms with Crippen molar-refractivity contribution in [3.05, 3.63) is 247 Å². The van der Waals surface area contributed by atoms with Gasteiger partial charge in [0.1, 0.15) is 13.9 Å². The molecular weight excluding hydrogens is 1180 g/mol. The molecule has 9 aromatic carbocycles. The van der Waals surface area contributed by atoms with Gasteiger partial charge in [-0.3, -0.25) is 0 Å². The molecule has 0 saturated heterocycles. The Morgan fingerprint density at radius 1 is 0.568 bits per heavy atom. The number of anilines is 7. The minimum absolute atomic E-state index is 0. The normalized spacial score (nSPS) is 14.7. The standard InChI is InChI=1S/C74H67N4OSi.Pt/c1-48(2)38-51-36-37-75-71(41-51)78-65-28-16-17-29-67(65)80(69-39-49(3)30-33-61(69)62-34-31-50(4)40-70(62)80)68-35-32-58(46-66(68)78)79-57-23-18-22-56(45-57)76-47-77(64-27-15-14-26-63(64)76)72-59(52-20-12-11-13-21-52)24-19-25-60(72)53-42-54(73(5,6)7)44-55(43-53)74(8,9)10;/h11-37,39-44,47-48H,38H2,1-10H3;/q-3;/i11D,12D,13D,20D,21D;. The van der Waals surface area contributed by atoms with Gasteiger partial charge >= 0.3 is 0 Å². The fourth-order valence-corrected chi connectivity index (χ4v) is 18.0. The zero-order valence-corrected chi connectivity index (χ0v) is 50.8. The second-order valence-corrected chi connectivity index (χ2v) is 27.9. The van der Waals surface area contributed by atoms with Gasteiger partial charge in [-0.2, -0.15) is 12.1 Å². The zero-order valence-electron chi connectivity index (χ0n) is 52.5. The average molecular weight is 1260 g/mol. The van der Waals surface area contributed by atoms with Crippen molar-refractivity contribution in [3.63, 3.8) is 0 Å². The van der Waals surface area contributed by atoms with Crippen LogP contribution in [0.4, 0.5) is 39.9 Å². The van der Waals surface area contributed by atoms with E-state index in [2.05, 4.69) is 217 Å². The van der Waals surface area contributed by atoms with E-state index >= 15 is 0 Å². The van der Waals surface area contributed by atoms with Crippen molar-refractivity contribution in [3.8, 4) is 44.9 Å². The van der Waals surface area contributed by atoms with Crippen LogP contribution in [0.5, 0.6) is 11.5 Å². The van der Waals surface area contributed by atoms with Crippen molar-refractivity contribution in [2.45, 2.75) is 86.5 Å². The fraction of sp³-hybridized carbons (Fsp3) is 0.189. The first-order chi connectivity index (χ1) is 40.6. The molecule has 0 radical (unpaired) electrons. The van der Waals surface area contributed by atoms with E-state index in [1.807, 2.05) is 55.3 Å². The van der Waals surface area contributed by atoms with E-state index in [1.54, 1.807) is 0 Å². The van der Waals surface area contributed by atoms with Crippen LogP contribution in [0.3, 0.4) is 0 Å². The molecule has 81 heavy (non-hydrogen) atoms. The Morgan fingerprint density at radius 2 is 1.17 bits per heavy atom. The van der Waals surface area contributed by atoms with Crippen LogP contribution < -0.4 is 40.2 Å². The van der Waals surface area contributed by atoms with Gasteiger partial charge in [0.05, 0.1) is 6.85 Å². The number of fused-ring (bicyclic) bond motifs is 10. The van der Waals surface area contributed by atoms with Crippen LogP contribution in [-0.2, 0) is 38.3 Å². The second-order valence-electron chi connectivity index (χ2n) is 24.3. The van der Waals surface area contributed by atoms with E-state index in [0.29, 0.717) is 34.4 Å². The summed E-state index contributed by atoms with van der Waals surface area (Å²) < 4.78 is 51.9. The summed E-state index contributed by atoms with van der Waals surface area (Å²) in [4.78, 5) is 11.6. The van der Waals surface area contributed by atoms with Gasteiger partial charge in [-0.05, 0) is 122 Å². The van der Waals surface area contributed by atoms with E-state index < -0.39 is 26.2 Å². The number of aromatic nitrogens is 1. The van der Waals surface area contributed by atoms with Gasteiger partial charge in [0, 0.05) is 72.6 Å². The second kappa shape index (κ2) is 20.6. The van der Waals surface area contributed by atoms with Crippen LogP contribution >= 0.6 is 0 Å². The quantitative estimate of drug-likeness (QED) is 0.106. The molecule has 4 heterocycles. The zero-order chi connectivity index (χ0) is 59.6. The molecule has 1 aromatic heterocycles. The van der Waals surface area contributed by atoms with Crippen molar-refractivity contribution < 1.29 is 32.7 Å². The topological polar surface area (TPSA) is 31.8 Å². The van der Waals surface area contributed by atoms with Crippen LogP contribution in [0.15, 0.2) is 200 Å². The smallest absolute Gasteiger partial charge is 0.135 e. The molecule has 0 saturated carbocycles. The summed E-state index contributed by atoms with van der Waals surface area (Å²) in [6.45, 7) is 24.2. The number of hydrogen-bond acceptors (Lipinski definition) is 5. The van der Waals surface area contributed by atoms with Gasteiger partial charge in [-0.1, -0.05) is 206 Å². The van der Waals surface area contributed by atoms with Crippen LogP contribution in [0, 0.1) is 38.6 Å². The Balaban J connectivity index is 0.00000724. The van der Waals surface area contributed by atoms with E-state index in [4.69, 9.17) is 13.8 Å². The summed E-state index contributed by atoms with van der Waals surface area (Å²) in [5, 5.41) is 5.27. The van der Waals surface area contributed by atoms with Gasteiger partial charge in [-0.25, -0.2) is 4.98 Å².